The molecule has 0 bridgehead atoms. The van der Waals surface area contributed by atoms with Crippen molar-refractivity contribution < 1.29 is 19.1 Å². The zero-order valence-corrected chi connectivity index (χ0v) is 11.1. The molecule has 1 heterocycles. The summed E-state index contributed by atoms with van der Waals surface area (Å²) in [5.41, 5.74) is 0.897. The van der Waals surface area contributed by atoms with E-state index in [9.17, 15) is 4.79 Å². The Bertz CT molecular complexity index is 604. The first-order valence-corrected chi connectivity index (χ1v) is 5.82. The summed E-state index contributed by atoms with van der Waals surface area (Å²) >= 11 is 0. The van der Waals surface area contributed by atoms with Crippen LogP contribution in [0.2, 0.25) is 0 Å². The van der Waals surface area contributed by atoms with Gasteiger partial charge in [-0.3, -0.25) is 0 Å². The SMILES string of the molecule is COCC(C)(C)Nc1nc2ccc(C(=O)O)cc2o1. The van der Waals surface area contributed by atoms with Crippen LogP contribution >= 0.6 is 0 Å². The second-order valence-corrected chi connectivity index (χ2v) is 4.95. The van der Waals surface area contributed by atoms with Gasteiger partial charge in [-0.2, -0.15) is 4.98 Å². The van der Waals surface area contributed by atoms with Crippen molar-refractivity contribution in [3.8, 4) is 0 Å². The number of carbonyl (C=O) groups is 1. The number of carboxylic acids is 1. The molecule has 0 amide bonds. The van der Waals surface area contributed by atoms with E-state index in [1.54, 1.807) is 13.2 Å². The number of anilines is 1. The van der Waals surface area contributed by atoms with Crippen molar-refractivity contribution in [1.29, 1.82) is 0 Å². The summed E-state index contributed by atoms with van der Waals surface area (Å²) in [5, 5.41) is 12.0. The van der Waals surface area contributed by atoms with Crippen molar-refractivity contribution >= 4 is 23.1 Å². The minimum atomic E-state index is -0.993. The number of hydrogen-bond donors (Lipinski definition) is 2. The van der Waals surface area contributed by atoms with E-state index in [0.29, 0.717) is 23.7 Å². The summed E-state index contributed by atoms with van der Waals surface area (Å²) in [5.74, 6) is -0.993. The Morgan fingerprint density at radius 2 is 2.26 bits per heavy atom. The van der Waals surface area contributed by atoms with E-state index < -0.39 is 5.97 Å². The Hall–Kier alpha value is -2.08. The number of rotatable bonds is 5. The lowest BCUT2D eigenvalue weighted by Crippen LogP contribution is -2.35. The molecule has 0 saturated carbocycles. The van der Waals surface area contributed by atoms with E-state index in [4.69, 9.17) is 14.3 Å². The van der Waals surface area contributed by atoms with E-state index in [1.165, 1.54) is 12.1 Å². The summed E-state index contributed by atoms with van der Waals surface area (Å²) in [6.07, 6.45) is 0. The number of aromatic carboxylic acids is 1. The molecule has 6 nitrogen and oxygen atoms in total. The highest BCUT2D eigenvalue weighted by Crippen LogP contribution is 2.22. The van der Waals surface area contributed by atoms with E-state index in [2.05, 4.69) is 10.3 Å². The third-order valence-electron chi connectivity index (χ3n) is 2.59. The van der Waals surface area contributed by atoms with Crippen LogP contribution in [0.4, 0.5) is 6.01 Å². The van der Waals surface area contributed by atoms with Gasteiger partial charge in [-0.15, -0.1) is 0 Å². The zero-order valence-electron chi connectivity index (χ0n) is 11.1. The molecule has 0 aliphatic heterocycles. The quantitative estimate of drug-likeness (QED) is 0.862. The van der Waals surface area contributed by atoms with Crippen molar-refractivity contribution in [3.63, 3.8) is 0 Å². The van der Waals surface area contributed by atoms with Crippen LogP contribution in [-0.2, 0) is 4.74 Å². The second-order valence-electron chi connectivity index (χ2n) is 4.95. The lowest BCUT2D eigenvalue weighted by atomic mass is 10.1. The summed E-state index contributed by atoms with van der Waals surface area (Å²) in [6, 6.07) is 4.92. The van der Waals surface area contributed by atoms with Gasteiger partial charge in [0.25, 0.3) is 6.01 Å². The molecule has 0 fully saturated rings. The minimum Gasteiger partial charge on any atom is -0.478 e. The maximum Gasteiger partial charge on any atom is 0.335 e. The monoisotopic (exact) mass is 264 g/mol. The molecule has 6 heteroatoms. The van der Waals surface area contributed by atoms with Crippen LogP contribution in [0, 0.1) is 0 Å². The van der Waals surface area contributed by atoms with Gasteiger partial charge in [-0.25, -0.2) is 4.79 Å². The first kappa shape index (κ1) is 13.4. The molecule has 2 N–H and O–H groups in total. The first-order chi connectivity index (χ1) is 8.91. The number of nitrogens with zero attached hydrogens (tertiary/aromatic N) is 1. The van der Waals surface area contributed by atoms with Gasteiger partial charge in [0.1, 0.15) is 5.52 Å². The Balaban J connectivity index is 2.29. The van der Waals surface area contributed by atoms with Crippen LogP contribution in [0.3, 0.4) is 0 Å². The van der Waals surface area contributed by atoms with Crippen LogP contribution in [0.15, 0.2) is 22.6 Å². The number of benzene rings is 1. The molecule has 0 atom stereocenters. The fourth-order valence-corrected chi connectivity index (χ4v) is 1.80. The Morgan fingerprint density at radius 3 is 2.89 bits per heavy atom. The summed E-state index contributed by atoms with van der Waals surface area (Å²) in [7, 11) is 1.62. The van der Waals surface area contributed by atoms with Crippen molar-refractivity contribution in [2.75, 3.05) is 19.0 Å². The maximum atomic E-state index is 10.9. The maximum absolute atomic E-state index is 10.9. The van der Waals surface area contributed by atoms with Gasteiger partial charge in [-0.1, -0.05) is 0 Å². The van der Waals surface area contributed by atoms with Crippen LogP contribution in [0.25, 0.3) is 11.1 Å². The predicted molar refractivity (Wildman–Crippen MR) is 70.5 cm³/mol. The van der Waals surface area contributed by atoms with Gasteiger partial charge in [0.15, 0.2) is 5.58 Å². The summed E-state index contributed by atoms with van der Waals surface area (Å²) < 4.78 is 10.6. The molecule has 0 aliphatic carbocycles. The molecule has 19 heavy (non-hydrogen) atoms. The van der Waals surface area contributed by atoms with E-state index in [-0.39, 0.29) is 11.1 Å². The smallest absolute Gasteiger partial charge is 0.335 e. The fourth-order valence-electron chi connectivity index (χ4n) is 1.80. The highest BCUT2D eigenvalue weighted by atomic mass is 16.5. The number of oxazole rings is 1. The molecule has 102 valence electrons. The standard InChI is InChI=1S/C13H16N2O4/c1-13(2,7-18-3)15-12-14-9-5-4-8(11(16)17)6-10(9)19-12/h4-6H,7H2,1-3H3,(H,14,15)(H,16,17). The molecule has 1 aromatic carbocycles. The number of aromatic nitrogens is 1. The van der Waals surface area contributed by atoms with Gasteiger partial charge in [-0.05, 0) is 32.0 Å². The Labute approximate surface area is 110 Å². The molecule has 1 aromatic heterocycles. The largest absolute Gasteiger partial charge is 0.478 e. The highest BCUT2D eigenvalue weighted by Gasteiger charge is 2.20. The van der Waals surface area contributed by atoms with Gasteiger partial charge >= 0.3 is 5.97 Å². The molecule has 0 radical (unpaired) electrons. The highest BCUT2D eigenvalue weighted by molar-refractivity contribution is 5.92. The number of hydrogen-bond acceptors (Lipinski definition) is 5. The van der Waals surface area contributed by atoms with Crippen molar-refractivity contribution in [2.45, 2.75) is 19.4 Å². The van der Waals surface area contributed by atoms with Crippen LogP contribution in [0.5, 0.6) is 0 Å². The number of ether oxygens (including phenoxy) is 1. The minimum absolute atomic E-state index is 0.173. The van der Waals surface area contributed by atoms with Crippen LogP contribution in [0.1, 0.15) is 24.2 Å². The number of fused-ring (bicyclic) bond motifs is 1. The second kappa shape index (κ2) is 4.89. The third-order valence-corrected chi connectivity index (χ3v) is 2.59. The van der Waals surface area contributed by atoms with Crippen molar-refractivity contribution in [1.82, 2.24) is 4.98 Å². The van der Waals surface area contributed by atoms with Crippen molar-refractivity contribution in [2.24, 2.45) is 0 Å². The first-order valence-electron chi connectivity index (χ1n) is 5.82. The lowest BCUT2D eigenvalue weighted by Gasteiger charge is -2.23. The number of methoxy groups -OCH3 is 1. The van der Waals surface area contributed by atoms with Crippen LogP contribution < -0.4 is 5.32 Å². The Morgan fingerprint density at radius 1 is 1.53 bits per heavy atom. The fraction of sp³-hybridized carbons (Fsp3) is 0.385. The van der Waals surface area contributed by atoms with Crippen molar-refractivity contribution in [3.05, 3.63) is 23.8 Å². The molecule has 0 saturated heterocycles. The Kier molecular flexibility index (Phi) is 3.44. The van der Waals surface area contributed by atoms with E-state index in [1.807, 2.05) is 13.8 Å². The molecule has 2 aromatic rings. The summed E-state index contributed by atoms with van der Waals surface area (Å²) in [6.45, 7) is 4.40. The average molecular weight is 264 g/mol. The van der Waals surface area contributed by atoms with Gasteiger partial charge in [0.2, 0.25) is 0 Å². The topological polar surface area (TPSA) is 84.6 Å². The summed E-state index contributed by atoms with van der Waals surface area (Å²) in [4.78, 5) is 15.1. The molecular weight excluding hydrogens is 248 g/mol. The number of carboxylic acid groups (broad SMARTS) is 1. The molecular formula is C13H16N2O4. The molecule has 0 unspecified atom stereocenters. The van der Waals surface area contributed by atoms with E-state index in [0.717, 1.165) is 0 Å². The van der Waals surface area contributed by atoms with Crippen LogP contribution in [-0.4, -0.2) is 35.3 Å². The average Bonchev–Trinajstić information content (AvgIpc) is 2.68. The van der Waals surface area contributed by atoms with Gasteiger partial charge in [0, 0.05) is 7.11 Å². The molecule has 0 spiro atoms. The third kappa shape index (κ3) is 3.03. The number of nitrogens with one attached hydrogen (secondary N) is 1. The zero-order chi connectivity index (χ0) is 14.0. The normalized spacial score (nSPS) is 11.7. The molecule has 0 aliphatic rings. The lowest BCUT2D eigenvalue weighted by molar-refractivity contribution is 0.0697. The van der Waals surface area contributed by atoms with E-state index >= 15 is 0 Å². The van der Waals surface area contributed by atoms with Gasteiger partial charge < -0.3 is 19.6 Å². The molecule has 2 rings (SSSR count). The van der Waals surface area contributed by atoms with Gasteiger partial charge in [0.05, 0.1) is 17.7 Å². The predicted octanol–water partition coefficient (Wildman–Crippen LogP) is 2.36.